The molecule has 1 heterocycles. The predicted molar refractivity (Wildman–Crippen MR) is 71.0 cm³/mol. The van der Waals surface area contributed by atoms with Crippen molar-refractivity contribution in [1.82, 2.24) is 9.36 Å². The molecule has 0 aliphatic rings. The van der Waals surface area contributed by atoms with E-state index in [-0.39, 0.29) is 5.84 Å². The lowest BCUT2D eigenvalue weighted by Gasteiger charge is -2.06. The zero-order valence-corrected chi connectivity index (χ0v) is 11.2. The van der Waals surface area contributed by atoms with Crippen LogP contribution >= 0.6 is 23.3 Å². The average molecular weight is 264 g/mol. The smallest absolute Gasteiger partial charge is 0.174 e. The van der Waals surface area contributed by atoms with E-state index in [9.17, 15) is 0 Å². The lowest BCUT2D eigenvalue weighted by atomic mass is 10.1. The van der Waals surface area contributed by atoms with Gasteiger partial charge in [-0.1, -0.05) is 17.8 Å². The number of rotatable bonds is 3. The van der Waals surface area contributed by atoms with E-state index >= 15 is 0 Å². The van der Waals surface area contributed by atoms with Gasteiger partial charge in [0.25, 0.3) is 0 Å². The highest BCUT2D eigenvalue weighted by atomic mass is 32.2. The van der Waals surface area contributed by atoms with Gasteiger partial charge in [0.2, 0.25) is 0 Å². The molecule has 0 aliphatic carbocycles. The van der Waals surface area contributed by atoms with Gasteiger partial charge in [-0.15, -0.1) is 0 Å². The van der Waals surface area contributed by atoms with Gasteiger partial charge >= 0.3 is 0 Å². The molecule has 0 unspecified atom stereocenters. The minimum atomic E-state index is 0.0775. The number of amidine groups is 1. The molecule has 0 spiro atoms. The van der Waals surface area contributed by atoms with Crippen LogP contribution in [-0.2, 0) is 0 Å². The fraction of sp³-hybridized carbons (Fsp3) is 0.182. The molecule has 0 aliphatic heterocycles. The molecule has 17 heavy (non-hydrogen) atoms. The standard InChI is InChI=1S/C11H12N4S2/c1-6-3-4-8(10(12)13)9(5-6)16-11-14-7(2)15-17-11/h3-5H,1-2H3,(H3,12,13). The number of nitrogen functional groups attached to an aromatic ring is 1. The number of nitrogens with two attached hydrogens (primary N) is 1. The van der Waals surface area contributed by atoms with Crippen molar-refractivity contribution in [3.05, 3.63) is 35.2 Å². The van der Waals surface area contributed by atoms with Gasteiger partial charge in [0.1, 0.15) is 11.7 Å². The molecule has 2 rings (SSSR count). The first-order chi connectivity index (χ1) is 8.06. The Kier molecular flexibility index (Phi) is 3.44. The topological polar surface area (TPSA) is 75.7 Å². The number of benzene rings is 1. The number of aryl methyl sites for hydroxylation is 2. The summed E-state index contributed by atoms with van der Waals surface area (Å²) in [6, 6.07) is 5.83. The molecule has 0 atom stereocenters. The van der Waals surface area contributed by atoms with E-state index in [1.165, 1.54) is 23.3 Å². The summed E-state index contributed by atoms with van der Waals surface area (Å²) in [6.45, 7) is 3.88. The zero-order valence-electron chi connectivity index (χ0n) is 9.52. The van der Waals surface area contributed by atoms with Gasteiger partial charge in [0.15, 0.2) is 4.34 Å². The van der Waals surface area contributed by atoms with E-state index in [0.717, 1.165) is 26.2 Å². The molecule has 0 fully saturated rings. The maximum absolute atomic E-state index is 7.55. The van der Waals surface area contributed by atoms with Gasteiger partial charge < -0.3 is 5.73 Å². The first-order valence-electron chi connectivity index (χ1n) is 4.99. The molecule has 3 N–H and O–H groups in total. The van der Waals surface area contributed by atoms with Gasteiger partial charge in [-0.2, -0.15) is 4.37 Å². The van der Waals surface area contributed by atoms with Crippen LogP contribution < -0.4 is 5.73 Å². The number of hydrogen-bond donors (Lipinski definition) is 2. The fourth-order valence-corrected chi connectivity index (χ4v) is 3.20. The molecule has 88 valence electrons. The summed E-state index contributed by atoms with van der Waals surface area (Å²) in [6.07, 6.45) is 0. The third kappa shape index (κ3) is 2.83. The highest BCUT2D eigenvalue weighted by Gasteiger charge is 2.10. The first kappa shape index (κ1) is 12.1. The van der Waals surface area contributed by atoms with Crippen LogP contribution in [0.5, 0.6) is 0 Å². The van der Waals surface area contributed by atoms with Crippen molar-refractivity contribution in [2.45, 2.75) is 23.1 Å². The van der Waals surface area contributed by atoms with E-state index in [2.05, 4.69) is 9.36 Å². The number of nitrogens with one attached hydrogen (secondary N) is 1. The third-order valence-electron chi connectivity index (χ3n) is 2.13. The maximum atomic E-state index is 7.55. The molecule has 0 amide bonds. The minimum Gasteiger partial charge on any atom is -0.384 e. The SMILES string of the molecule is Cc1ccc(C(=N)N)c(Sc2nc(C)ns2)c1. The second-order valence-corrected chi connectivity index (χ2v) is 5.66. The molecule has 0 radical (unpaired) electrons. The maximum Gasteiger partial charge on any atom is 0.174 e. The van der Waals surface area contributed by atoms with E-state index in [1.54, 1.807) is 0 Å². The van der Waals surface area contributed by atoms with Gasteiger partial charge in [-0.25, -0.2) is 4.98 Å². The summed E-state index contributed by atoms with van der Waals surface area (Å²) < 4.78 is 5.01. The van der Waals surface area contributed by atoms with E-state index in [0.29, 0.717) is 0 Å². The number of aromatic nitrogens is 2. The van der Waals surface area contributed by atoms with Crippen LogP contribution in [0.15, 0.2) is 27.4 Å². The number of hydrogen-bond acceptors (Lipinski definition) is 5. The third-order valence-corrected chi connectivity index (χ3v) is 4.03. The Hall–Kier alpha value is -1.40. The molecule has 2 aromatic rings. The summed E-state index contributed by atoms with van der Waals surface area (Å²) in [7, 11) is 0. The van der Waals surface area contributed by atoms with Crippen molar-refractivity contribution in [3.63, 3.8) is 0 Å². The Bertz CT molecular complexity index is 562. The van der Waals surface area contributed by atoms with Gasteiger partial charge in [0, 0.05) is 10.5 Å². The fourth-order valence-electron chi connectivity index (χ4n) is 1.35. The van der Waals surface area contributed by atoms with Crippen LogP contribution in [0.1, 0.15) is 17.0 Å². The Balaban J connectivity index is 2.37. The second kappa shape index (κ2) is 4.85. The van der Waals surface area contributed by atoms with Crippen LogP contribution in [0.25, 0.3) is 0 Å². The molecule has 4 nitrogen and oxygen atoms in total. The minimum absolute atomic E-state index is 0.0775. The normalized spacial score (nSPS) is 10.5. The van der Waals surface area contributed by atoms with Crippen molar-refractivity contribution in [1.29, 1.82) is 5.41 Å². The predicted octanol–water partition coefficient (Wildman–Crippen LogP) is 2.59. The molecular formula is C11H12N4S2. The van der Waals surface area contributed by atoms with Crippen molar-refractivity contribution in [2.75, 3.05) is 0 Å². The molecule has 0 saturated heterocycles. The Labute approximate surface area is 108 Å². The Morgan fingerprint density at radius 3 is 2.76 bits per heavy atom. The quantitative estimate of drug-likeness (QED) is 0.660. The van der Waals surface area contributed by atoms with Crippen molar-refractivity contribution in [3.8, 4) is 0 Å². The molecule has 1 aromatic heterocycles. The lowest BCUT2D eigenvalue weighted by molar-refractivity contribution is 1.10. The molecule has 1 aromatic carbocycles. The Morgan fingerprint density at radius 1 is 1.41 bits per heavy atom. The molecule has 0 bridgehead atoms. The second-order valence-electron chi connectivity index (χ2n) is 3.62. The summed E-state index contributed by atoms with van der Waals surface area (Å²) in [5.74, 6) is 0.850. The van der Waals surface area contributed by atoms with Crippen LogP contribution in [0, 0.1) is 19.3 Å². The zero-order chi connectivity index (χ0) is 12.4. The highest BCUT2D eigenvalue weighted by Crippen LogP contribution is 2.32. The number of nitrogens with zero attached hydrogens (tertiary/aromatic N) is 2. The van der Waals surface area contributed by atoms with Crippen LogP contribution in [0.4, 0.5) is 0 Å². The summed E-state index contributed by atoms with van der Waals surface area (Å²) in [4.78, 5) is 5.25. The van der Waals surface area contributed by atoms with E-state index in [4.69, 9.17) is 11.1 Å². The lowest BCUT2D eigenvalue weighted by Crippen LogP contribution is -2.12. The molecule has 0 saturated carbocycles. The monoisotopic (exact) mass is 264 g/mol. The van der Waals surface area contributed by atoms with Gasteiger partial charge in [0.05, 0.1) is 0 Å². The Morgan fingerprint density at radius 2 is 2.18 bits per heavy atom. The summed E-state index contributed by atoms with van der Waals surface area (Å²) in [5.41, 5.74) is 7.44. The van der Waals surface area contributed by atoms with E-state index < -0.39 is 0 Å². The molecular weight excluding hydrogens is 252 g/mol. The molecule has 6 heteroatoms. The van der Waals surface area contributed by atoms with Crippen LogP contribution in [0.3, 0.4) is 0 Å². The summed E-state index contributed by atoms with van der Waals surface area (Å²) >= 11 is 2.86. The van der Waals surface area contributed by atoms with Gasteiger partial charge in [-0.05, 0) is 43.1 Å². The van der Waals surface area contributed by atoms with Crippen LogP contribution in [-0.4, -0.2) is 15.2 Å². The van der Waals surface area contributed by atoms with Crippen molar-refractivity contribution >= 4 is 29.1 Å². The summed E-state index contributed by atoms with van der Waals surface area (Å²) in [5, 5.41) is 7.55. The largest absolute Gasteiger partial charge is 0.384 e. The first-order valence-corrected chi connectivity index (χ1v) is 6.58. The van der Waals surface area contributed by atoms with Crippen molar-refractivity contribution in [2.24, 2.45) is 5.73 Å². The highest BCUT2D eigenvalue weighted by molar-refractivity contribution is 8.01. The van der Waals surface area contributed by atoms with Crippen molar-refractivity contribution < 1.29 is 0 Å². The average Bonchev–Trinajstić information content (AvgIpc) is 2.63. The van der Waals surface area contributed by atoms with E-state index in [1.807, 2.05) is 32.0 Å². The van der Waals surface area contributed by atoms with Gasteiger partial charge in [-0.3, -0.25) is 5.41 Å². The van der Waals surface area contributed by atoms with Crippen LogP contribution in [0.2, 0.25) is 0 Å².